The van der Waals surface area contributed by atoms with Crippen molar-refractivity contribution in [3.05, 3.63) is 60.2 Å². The van der Waals surface area contributed by atoms with Gasteiger partial charge < -0.3 is 4.18 Å². The lowest BCUT2D eigenvalue weighted by atomic mass is 10.1. The lowest BCUT2D eigenvalue weighted by Crippen LogP contribution is -1.97. The highest BCUT2D eigenvalue weighted by Crippen LogP contribution is 2.37. The van der Waals surface area contributed by atoms with E-state index in [1.807, 2.05) is 12.1 Å². The van der Waals surface area contributed by atoms with E-state index in [0.717, 1.165) is 5.39 Å². The predicted molar refractivity (Wildman–Crippen MR) is 100 cm³/mol. The smallest absolute Gasteiger partial charge is 0.299 e. The van der Waals surface area contributed by atoms with E-state index >= 15 is 0 Å². The summed E-state index contributed by atoms with van der Waals surface area (Å²) in [6.45, 7) is 1.61. The number of hydrogen-bond acceptors (Lipinski definition) is 7. The van der Waals surface area contributed by atoms with Gasteiger partial charge in [-0.3, -0.25) is 4.55 Å². The van der Waals surface area contributed by atoms with Gasteiger partial charge in [0.05, 0.1) is 10.6 Å². The van der Waals surface area contributed by atoms with Crippen molar-refractivity contribution >= 4 is 43.3 Å². The monoisotopic (exact) mass is 406 g/mol. The Morgan fingerprint density at radius 2 is 1.74 bits per heavy atom. The summed E-state index contributed by atoms with van der Waals surface area (Å²) in [4.78, 5) is -0.253. The number of hydrogen-bond donors (Lipinski definition) is 2. The minimum atomic E-state index is -4.32. The SMILES string of the molecule is Cc1cc(S(=O)(=O)O)ccc1N=Nc1c(O[SH](=O)=O)ccc2ccccc12. The van der Waals surface area contributed by atoms with Crippen LogP contribution in [0.5, 0.6) is 5.75 Å². The van der Waals surface area contributed by atoms with Crippen LogP contribution in [0.3, 0.4) is 0 Å². The van der Waals surface area contributed by atoms with E-state index in [-0.39, 0.29) is 16.3 Å². The molecule has 140 valence electrons. The zero-order chi connectivity index (χ0) is 19.6. The second-order valence-corrected chi connectivity index (χ2v) is 7.62. The van der Waals surface area contributed by atoms with Gasteiger partial charge in [0.1, 0.15) is 5.69 Å². The van der Waals surface area contributed by atoms with Crippen molar-refractivity contribution in [3.8, 4) is 5.75 Å². The van der Waals surface area contributed by atoms with Crippen molar-refractivity contribution in [2.45, 2.75) is 11.8 Å². The van der Waals surface area contributed by atoms with Crippen LogP contribution in [0.2, 0.25) is 0 Å². The third-order valence-electron chi connectivity index (χ3n) is 3.76. The van der Waals surface area contributed by atoms with Gasteiger partial charge in [0.15, 0.2) is 5.75 Å². The molecule has 0 amide bonds. The maximum absolute atomic E-state index is 11.2. The molecular formula is C17H14N2O6S2. The highest BCUT2D eigenvalue weighted by Gasteiger charge is 2.12. The summed E-state index contributed by atoms with van der Waals surface area (Å²) >= 11 is 0. The molecule has 27 heavy (non-hydrogen) atoms. The van der Waals surface area contributed by atoms with Crippen LogP contribution < -0.4 is 4.18 Å². The summed E-state index contributed by atoms with van der Waals surface area (Å²) in [5, 5.41) is 9.68. The minimum absolute atomic E-state index is 0.0285. The third-order valence-corrected chi connectivity index (χ3v) is 4.96. The van der Waals surface area contributed by atoms with Crippen molar-refractivity contribution in [1.29, 1.82) is 0 Å². The number of rotatable bonds is 5. The topological polar surface area (TPSA) is 122 Å². The van der Waals surface area contributed by atoms with Crippen molar-refractivity contribution in [2.75, 3.05) is 0 Å². The number of aryl methyl sites for hydroxylation is 1. The van der Waals surface area contributed by atoms with Gasteiger partial charge in [-0.25, -0.2) is 0 Å². The second-order valence-electron chi connectivity index (χ2n) is 5.57. The van der Waals surface area contributed by atoms with Crippen LogP contribution in [-0.2, 0) is 21.1 Å². The predicted octanol–water partition coefficient (Wildman–Crippen LogP) is 3.72. The Labute approximate surface area is 157 Å². The summed E-state index contributed by atoms with van der Waals surface area (Å²) in [5.74, 6) is 0.0285. The quantitative estimate of drug-likeness (QED) is 0.378. The zero-order valence-corrected chi connectivity index (χ0v) is 15.6. The fourth-order valence-electron chi connectivity index (χ4n) is 2.50. The van der Waals surface area contributed by atoms with Gasteiger partial charge in [0.25, 0.3) is 21.1 Å². The molecule has 0 saturated heterocycles. The van der Waals surface area contributed by atoms with E-state index in [0.29, 0.717) is 16.6 Å². The van der Waals surface area contributed by atoms with Gasteiger partial charge in [-0.05, 0) is 42.1 Å². The molecule has 3 aromatic carbocycles. The average Bonchev–Trinajstić information content (AvgIpc) is 2.60. The summed E-state index contributed by atoms with van der Waals surface area (Å²) in [6.07, 6.45) is 0. The van der Waals surface area contributed by atoms with Crippen LogP contribution >= 0.6 is 0 Å². The van der Waals surface area contributed by atoms with Gasteiger partial charge in [-0.2, -0.15) is 21.9 Å². The summed E-state index contributed by atoms with van der Waals surface area (Å²) in [5.41, 5.74) is 1.05. The van der Waals surface area contributed by atoms with E-state index in [1.54, 1.807) is 25.1 Å². The summed E-state index contributed by atoms with van der Waals surface area (Å²) in [7, 11) is -7.45. The first-order valence-electron chi connectivity index (χ1n) is 7.60. The first-order valence-corrected chi connectivity index (χ1v) is 10.1. The van der Waals surface area contributed by atoms with Crippen LogP contribution in [-0.4, -0.2) is 21.4 Å². The molecule has 0 radical (unpaired) electrons. The van der Waals surface area contributed by atoms with Gasteiger partial charge in [0.2, 0.25) is 0 Å². The van der Waals surface area contributed by atoms with Crippen molar-refractivity contribution in [2.24, 2.45) is 10.2 Å². The maximum Gasteiger partial charge on any atom is 0.299 e. The standard InChI is InChI=1S/C17H14N2O6S2/c1-11-10-13(27(22,23)24)7-8-15(11)18-19-17-14-5-3-2-4-12(14)6-9-16(17)25-26(20)21/h2-10,26H,1H3,(H,22,23,24). The molecule has 3 aromatic rings. The van der Waals surface area contributed by atoms with Gasteiger partial charge in [-0.1, -0.05) is 30.3 Å². The lowest BCUT2D eigenvalue weighted by molar-refractivity contribution is 0.483. The Bertz CT molecular complexity index is 1230. The van der Waals surface area contributed by atoms with Crippen molar-refractivity contribution < 1.29 is 25.6 Å². The van der Waals surface area contributed by atoms with E-state index in [1.165, 1.54) is 24.3 Å². The Morgan fingerprint density at radius 1 is 1.00 bits per heavy atom. The van der Waals surface area contributed by atoms with Crippen molar-refractivity contribution in [1.82, 2.24) is 0 Å². The van der Waals surface area contributed by atoms with E-state index in [4.69, 9.17) is 8.74 Å². The molecule has 1 N–H and O–H groups in total. The molecular weight excluding hydrogens is 392 g/mol. The maximum atomic E-state index is 11.2. The Balaban J connectivity index is 2.10. The molecule has 10 heteroatoms. The van der Waals surface area contributed by atoms with E-state index in [2.05, 4.69) is 10.2 Å². The van der Waals surface area contributed by atoms with Gasteiger partial charge >= 0.3 is 0 Å². The average molecular weight is 406 g/mol. The molecule has 0 aliphatic carbocycles. The minimum Gasteiger partial charge on any atom is -0.382 e. The molecule has 0 atom stereocenters. The van der Waals surface area contributed by atoms with Crippen LogP contribution in [0.25, 0.3) is 10.8 Å². The molecule has 0 saturated carbocycles. The number of thiol groups is 1. The largest absolute Gasteiger partial charge is 0.382 e. The molecule has 0 fully saturated rings. The molecule has 0 heterocycles. The highest BCUT2D eigenvalue weighted by molar-refractivity contribution is 7.85. The Hall–Kier alpha value is -2.82. The number of azo groups is 1. The number of benzene rings is 3. The number of nitrogens with zero attached hydrogens (tertiary/aromatic N) is 2. The van der Waals surface area contributed by atoms with Crippen LogP contribution in [0, 0.1) is 6.92 Å². The Kier molecular flexibility index (Phi) is 5.22. The van der Waals surface area contributed by atoms with E-state index < -0.39 is 21.1 Å². The van der Waals surface area contributed by atoms with E-state index in [9.17, 15) is 16.8 Å². The third kappa shape index (κ3) is 4.30. The van der Waals surface area contributed by atoms with Gasteiger partial charge in [0, 0.05) is 5.39 Å². The Morgan fingerprint density at radius 3 is 2.41 bits per heavy atom. The first-order chi connectivity index (χ1) is 12.8. The molecule has 0 aliphatic heterocycles. The zero-order valence-electron chi connectivity index (χ0n) is 13.9. The highest BCUT2D eigenvalue weighted by atomic mass is 32.2. The molecule has 0 aliphatic rings. The molecule has 0 bridgehead atoms. The molecule has 0 unspecified atom stereocenters. The molecule has 0 spiro atoms. The molecule has 8 nitrogen and oxygen atoms in total. The molecule has 0 aromatic heterocycles. The summed E-state index contributed by atoms with van der Waals surface area (Å²) < 4.78 is 58.3. The number of fused-ring (bicyclic) bond motifs is 1. The first kappa shape index (κ1) is 19.0. The lowest BCUT2D eigenvalue weighted by Gasteiger charge is -2.07. The normalized spacial score (nSPS) is 12.1. The van der Waals surface area contributed by atoms with Crippen LogP contribution in [0.15, 0.2) is 69.7 Å². The van der Waals surface area contributed by atoms with Crippen LogP contribution in [0.1, 0.15) is 5.56 Å². The van der Waals surface area contributed by atoms with Crippen LogP contribution in [0.4, 0.5) is 11.4 Å². The second kappa shape index (κ2) is 7.43. The van der Waals surface area contributed by atoms with Gasteiger partial charge in [-0.15, -0.1) is 5.11 Å². The fourth-order valence-corrected chi connectivity index (χ4v) is 3.37. The summed E-state index contributed by atoms with van der Waals surface area (Å²) in [6, 6.07) is 14.2. The fraction of sp³-hybridized carbons (Fsp3) is 0.0588. The van der Waals surface area contributed by atoms with Crippen molar-refractivity contribution in [3.63, 3.8) is 0 Å². The molecule has 3 rings (SSSR count).